The molecule has 0 aliphatic heterocycles. The summed E-state index contributed by atoms with van der Waals surface area (Å²) in [5, 5.41) is 4.04. The number of nitrogen functional groups attached to an aromatic ring is 1. The van der Waals surface area contributed by atoms with Crippen LogP contribution in [0, 0.1) is 5.82 Å². The van der Waals surface area contributed by atoms with Gasteiger partial charge in [-0.05, 0) is 44.4 Å². The van der Waals surface area contributed by atoms with Crippen molar-refractivity contribution in [3.63, 3.8) is 0 Å². The zero-order chi connectivity index (χ0) is 12.7. The minimum Gasteiger partial charge on any atom is -0.369 e. The van der Waals surface area contributed by atoms with Crippen molar-refractivity contribution < 1.29 is 4.39 Å². The SMILES string of the molecule is Nc1nc2cc(Br)c(F)cc2n1Cc1ccsc1. The Kier molecular flexibility index (Phi) is 2.83. The maximum atomic E-state index is 13.6. The first-order chi connectivity index (χ1) is 8.65. The molecule has 0 spiro atoms. The molecule has 2 aromatic heterocycles. The second-order valence-corrected chi connectivity index (χ2v) is 5.58. The van der Waals surface area contributed by atoms with Gasteiger partial charge in [-0.2, -0.15) is 11.3 Å². The molecule has 1 aromatic carbocycles. The Labute approximate surface area is 115 Å². The molecule has 0 saturated carbocycles. The standard InChI is InChI=1S/C12H9BrFN3S/c13-8-3-10-11(4-9(8)14)17(12(15)16-10)5-7-1-2-18-6-7/h1-4,6H,5H2,(H2,15,16). The van der Waals surface area contributed by atoms with E-state index in [2.05, 4.69) is 20.9 Å². The highest BCUT2D eigenvalue weighted by Crippen LogP contribution is 2.26. The van der Waals surface area contributed by atoms with Crippen molar-refractivity contribution in [2.45, 2.75) is 6.54 Å². The lowest BCUT2D eigenvalue weighted by Gasteiger charge is -2.05. The largest absolute Gasteiger partial charge is 0.369 e. The van der Waals surface area contributed by atoms with Gasteiger partial charge in [-0.15, -0.1) is 0 Å². The van der Waals surface area contributed by atoms with E-state index in [1.54, 1.807) is 17.4 Å². The van der Waals surface area contributed by atoms with Crippen molar-refractivity contribution >= 4 is 44.2 Å². The van der Waals surface area contributed by atoms with E-state index in [0.29, 0.717) is 28.0 Å². The van der Waals surface area contributed by atoms with Gasteiger partial charge in [-0.25, -0.2) is 9.37 Å². The van der Waals surface area contributed by atoms with Crippen LogP contribution in [0.3, 0.4) is 0 Å². The summed E-state index contributed by atoms with van der Waals surface area (Å²) in [6.45, 7) is 0.604. The summed E-state index contributed by atoms with van der Waals surface area (Å²) in [6.07, 6.45) is 0. The van der Waals surface area contributed by atoms with Crippen LogP contribution in [0.25, 0.3) is 11.0 Å². The Morgan fingerprint density at radius 3 is 3.00 bits per heavy atom. The number of aromatic nitrogens is 2. The molecule has 6 heteroatoms. The predicted molar refractivity (Wildman–Crippen MR) is 75.2 cm³/mol. The molecule has 3 nitrogen and oxygen atoms in total. The summed E-state index contributed by atoms with van der Waals surface area (Å²) in [5.41, 5.74) is 8.42. The molecule has 0 saturated heterocycles. The summed E-state index contributed by atoms with van der Waals surface area (Å²) in [4.78, 5) is 4.24. The quantitative estimate of drug-likeness (QED) is 0.781. The van der Waals surface area contributed by atoms with Crippen LogP contribution in [-0.4, -0.2) is 9.55 Å². The van der Waals surface area contributed by atoms with Crippen molar-refractivity contribution in [3.05, 3.63) is 44.8 Å². The fraction of sp³-hybridized carbons (Fsp3) is 0.0833. The molecule has 2 heterocycles. The topological polar surface area (TPSA) is 43.8 Å². The van der Waals surface area contributed by atoms with E-state index < -0.39 is 0 Å². The van der Waals surface area contributed by atoms with Gasteiger partial charge in [0.2, 0.25) is 5.95 Å². The van der Waals surface area contributed by atoms with Crippen molar-refractivity contribution in [1.82, 2.24) is 9.55 Å². The molecule has 0 aliphatic carbocycles. The normalized spacial score (nSPS) is 11.2. The number of benzene rings is 1. The smallest absolute Gasteiger partial charge is 0.201 e. The van der Waals surface area contributed by atoms with Crippen LogP contribution in [0.5, 0.6) is 0 Å². The first-order valence-electron chi connectivity index (χ1n) is 5.27. The minimum atomic E-state index is -0.311. The highest BCUT2D eigenvalue weighted by molar-refractivity contribution is 9.10. The Morgan fingerprint density at radius 1 is 1.44 bits per heavy atom. The van der Waals surface area contributed by atoms with E-state index in [1.165, 1.54) is 6.07 Å². The Balaban J connectivity index is 2.16. The highest BCUT2D eigenvalue weighted by atomic mass is 79.9. The van der Waals surface area contributed by atoms with E-state index in [0.717, 1.165) is 5.56 Å². The highest BCUT2D eigenvalue weighted by Gasteiger charge is 2.12. The summed E-state index contributed by atoms with van der Waals surface area (Å²) in [7, 11) is 0. The zero-order valence-electron chi connectivity index (χ0n) is 9.23. The number of rotatable bonds is 2. The van der Waals surface area contributed by atoms with E-state index in [1.807, 2.05) is 21.4 Å². The molecule has 0 atom stereocenters. The summed E-state index contributed by atoms with van der Waals surface area (Å²) < 4.78 is 15.8. The van der Waals surface area contributed by atoms with Gasteiger partial charge in [0.05, 0.1) is 22.1 Å². The Morgan fingerprint density at radius 2 is 2.28 bits per heavy atom. The fourth-order valence-electron chi connectivity index (χ4n) is 1.87. The number of fused-ring (bicyclic) bond motifs is 1. The van der Waals surface area contributed by atoms with E-state index in [9.17, 15) is 4.39 Å². The molecule has 0 bridgehead atoms. The van der Waals surface area contributed by atoms with Crippen molar-refractivity contribution in [1.29, 1.82) is 0 Å². The first kappa shape index (κ1) is 11.7. The van der Waals surface area contributed by atoms with E-state index in [-0.39, 0.29) is 5.82 Å². The van der Waals surface area contributed by atoms with Crippen molar-refractivity contribution in [2.24, 2.45) is 0 Å². The average Bonchev–Trinajstić information content (AvgIpc) is 2.92. The van der Waals surface area contributed by atoms with E-state index >= 15 is 0 Å². The van der Waals surface area contributed by atoms with Crippen molar-refractivity contribution in [3.8, 4) is 0 Å². The molecular formula is C12H9BrFN3S. The third-order valence-electron chi connectivity index (χ3n) is 2.74. The van der Waals surface area contributed by atoms with Crippen LogP contribution in [0.1, 0.15) is 5.56 Å². The molecule has 3 rings (SSSR count). The van der Waals surface area contributed by atoms with Crippen LogP contribution in [0.4, 0.5) is 10.3 Å². The Hall–Kier alpha value is -1.40. The summed E-state index contributed by atoms with van der Waals surface area (Å²) >= 11 is 4.77. The lowest BCUT2D eigenvalue weighted by atomic mass is 10.3. The van der Waals surface area contributed by atoms with Crippen LogP contribution in [0.15, 0.2) is 33.4 Å². The number of nitrogens with zero attached hydrogens (tertiary/aromatic N) is 2. The number of halogens is 2. The minimum absolute atomic E-state index is 0.311. The molecule has 0 unspecified atom stereocenters. The van der Waals surface area contributed by atoms with Crippen molar-refractivity contribution in [2.75, 3.05) is 5.73 Å². The first-order valence-corrected chi connectivity index (χ1v) is 7.00. The number of hydrogen-bond acceptors (Lipinski definition) is 3. The Bertz CT molecular complexity index is 706. The molecule has 2 N–H and O–H groups in total. The summed E-state index contributed by atoms with van der Waals surface area (Å²) in [6, 6.07) is 5.12. The van der Waals surface area contributed by atoms with E-state index in [4.69, 9.17) is 5.73 Å². The lowest BCUT2D eigenvalue weighted by molar-refractivity contribution is 0.622. The van der Waals surface area contributed by atoms with Gasteiger partial charge < -0.3 is 10.3 Å². The molecule has 0 amide bonds. The number of anilines is 1. The second-order valence-electron chi connectivity index (χ2n) is 3.94. The summed E-state index contributed by atoms with van der Waals surface area (Å²) in [5.74, 6) is 0.0858. The average molecular weight is 326 g/mol. The number of thiophene rings is 1. The number of imidazole rings is 1. The van der Waals surface area contributed by atoms with Crippen LogP contribution < -0.4 is 5.73 Å². The zero-order valence-corrected chi connectivity index (χ0v) is 11.6. The maximum Gasteiger partial charge on any atom is 0.201 e. The number of nitrogens with two attached hydrogens (primary N) is 1. The molecular weight excluding hydrogens is 317 g/mol. The molecule has 0 fully saturated rings. The van der Waals surface area contributed by atoms with Crippen LogP contribution in [-0.2, 0) is 6.54 Å². The van der Waals surface area contributed by atoms with Gasteiger partial charge in [0.1, 0.15) is 5.82 Å². The van der Waals surface area contributed by atoms with Gasteiger partial charge >= 0.3 is 0 Å². The third kappa shape index (κ3) is 1.91. The molecule has 92 valence electrons. The lowest BCUT2D eigenvalue weighted by Crippen LogP contribution is -2.03. The molecule has 18 heavy (non-hydrogen) atoms. The molecule has 0 radical (unpaired) electrons. The third-order valence-corrected chi connectivity index (χ3v) is 4.08. The van der Waals surface area contributed by atoms with Gasteiger partial charge in [0.25, 0.3) is 0 Å². The fourth-order valence-corrected chi connectivity index (χ4v) is 2.86. The van der Waals surface area contributed by atoms with Gasteiger partial charge in [-0.3, -0.25) is 0 Å². The van der Waals surface area contributed by atoms with Gasteiger partial charge in [-0.1, -0.05) is 0 Å². The van der Waals surface area contributed by atoms with Gasteiger partial charge in [0.15, 0.2) is 0 Å². The van der Waals surface area contributed by atoms with Gasteiger partial charge in [0, 0.05) is 6.07 Å². The van der Waals surface area contributed by atoms with Crippen LogP contribution in [0.2, 0.25) is 0 Å². The van der Waals surface area contributed by atoms with Crippen LogP contribution >= 0.6 is 27.3 Å². The number of hydrogen-bond donors (Lipinski definition) is 1. The monoisotopic (exact) mass is 325 g/mol. The second kappa shape index (κ2) is 4.37. The molecule has 0 aliphatic rings. The maximum absolute atomic E-state index is 13.6. The predicted octanol–water partition coefficient (Wildman–Crippen LogP) is 3.63. The molecule has 3 aromatic rings.